The fraction of sp³-hybridized carbons (Fsp3) is 0.273. The van der Waals surface area contributed by atoms with E-state index in [1.807, 2.05) is 37.1 Å². The molecule has 0 spiro atoms. The molecule has 2 N–H and O–H groups in total. The normalized spacial score (nSPS) is 10.4. The van der Waals surface area contributed by atoms with Crippen LogP contribution in [0.25, 0.3) is 0 Å². The van der Waals surface area contributed by atoms with Crippen molar-refractivity contribution in [3.63, 3.8) is 0 Å². The zero-order valence-corrected chi connectivity index (χ0v) is 9.34. The summed E-state index contributed by atoms with van der Waals surface area (Å²) < 4.78 is 5.49. The minimum absolute atomic E-state index is 0.278. The maximum atomic E-state index is 5.52. The molecule has 0 aliphatic carbocycles. The number of anilines is 2. The van der Waals surface area contributed by atoms with Crippen molar-refractivity contribution in [1.29, 1.82) is 0 Å². The van der Waals surface area contributed by atoms with Gasteiger partial charge in [0.15, 0.2) is 0 Å². The molecule has 0 aliphatic rings. The van der Waals surface area contributed by atoms with Gasteiger partial charge in [-0.15, -0.1) is 0 Å². The molecule has 84 valence electrons. The van der Waals surface area contributed by atoms with E-state index in [2.05, 4.69) is 9.97 Å². The number of nitrogens with zero attached hydrogens (tertiary/aromatic N) is 3. The summed E-state index contributed by atoms with van der Waals surface area (Å²) in [6, 6.07) is 5.71. The molecule has 2 heterocycles. The van der Waals surface area contributed by atoms with Crippen LogP contribution in [0.15, 0.2) is 28.8 Å². The molecule has 5 heteroatoms. The average Bonchev–Trinajstić information content (AvgIpc) is 2.64. The predicted octanol–water partition coefficient (Wildman–Crippen LogP) is 1.60. The van der Waals surface area contributed by atoms with E-state index in [0.29, 0.717) is 6.54 Å². The van der Waals surface area contributed by atoms with Crippen molar-refractivity contribution in [3.8, 4) is 0 Å². The van der Waals surface area contributed by atoms with Crippen LogP contribution in [0.5, 0.6) is 0 Å². The highest BCUT2D eigenvalue weighted by Gasteiger charge is 2.06. The summed E-state index contributed by atoms with van der Waals surface area (Å²) >= 11 is 0. The Labute approximate surface area is 93.9 Å². The minimum Gasteiger partial charge on any atom is -0.464 e. The van der Waals surface area contributed by atoms with Crippen molar-refractivity contribution >= 4 is 11.8 Å². The van der Waals surface area contributed by atoms with Gasteiger partial charge in [0.1, 0.15) is 17.3 Å². The lowest BCUT2D eigenvalue weighted by molar-refractivity contribution is 0.481. The molecule has 0 saturated carbocycles. The van der Waals surface area contributed by atoms with Gasteiger partial charge in [0.25, 0.3) is 0 Å². The van der Waals surface area contributed by atoms with Gasteiger partial charge in [-0.2, -0.15) is 4.98 Å². The highest BCUT2D eigenvalue weighted by molar-refractivity contribution is 5.40. The van der Waals surface area contributed by atoms with E-state index < -0.39 is 0 Å². The van der Waals surface area contributed by atoms with E-state index in [-0.39, 0.29) is 5.95 Å². The summed E-state index contributed by atoms with van der Waals surface area (Å²) in [4.78, 5) is 9.93. The number of aryl methyl sites for hydroxylation is 1. The third kappa shape index (κ3) is 2.31. The number of nitrogens with two attached hydrogens (primary N) is 1. The molecule has 0 unspecified atom stereocenters. The zero-order valence-electron chi connectivity index (χ0n) is 9.34. The monoisotopic (exact) mass is 218 g/mol. The van der Waals surface area contributed by atoms with E-state index in [0.717, 1.165) is 17.3 Å². The van der Waals surface area contributed by atoms with Gasteiger partial charge in [-0.1, -0.05) is 0 Å². The van der Waals surface area contributed by atoms with Crippen molar-refractivity contribution in [2.45, 2.75) is 13.5 Å². The van der Waals surface area contributed by atoms with Crippen molar-refractivity contribution in [2.24, 2.45) is 0 Å². The highest BCUT2D eigenvalue weighted by Crippen LogP contribution is 2.14. The van der Waals surface area contributed by atoms with Crippen molar-refractivity contribution in [2.75, 3.05) is 17.7 Å². The maximum Gasteiger partial charge on any atom is 0.221 e. The quantitative estimate of drug-likeness (QED) is 0.847. The average molecular weight is 218 g/mol. The van der Waals surface area contributed by atoms with Crippen LogP contribution in [0.3, 0.4) is 0 Å². The van der Waals surface area contributed by atoms with Gasteiger partial charge in [-0.05, 0) is 25.1 Å². The molecule has 0 saturated heterocycles. The largest absolute Gasteiger partial charge is 0.464 e. The Morgan fingerprint density at radius 3 is 2.81 bits per heavy atom. The van der Waals surface area contributed by atoms with Crippen LogP contribution in [0.2, 0.25) is 0 Å². The molecule has 2 aromatic heterocycles. The van der Waals surface area contributed by atoms with Gasteiger partial charge < -0.3 is 15.1 Å². The lowest BCUT2D eigenvalue weighted by Crippen LogP contribution is -2.17. The van der Waals surface area contributed by atoms with E-state index in [9.17, 15) is 0 Å². The minimum atomic E-state index is 0.278. The summed E-state index contributed by atoms with van der Waals surface area (Å²) in [5, 5.41) is 0. The van der Waals surface area contributed by atoms with E-state index in [4.69, 9.17) is 10.2 Å². The molecule has 5 nitrogen and oxygen atoms in total. The molecular weight excluding hydrogens is 204 g/mol. The van der Waals surface area contributed by atoms with Gasteiger partial charge in [0.05, 0.1) is 6.54 Å². The molecule has 0 fully saturated rings. The summed E-state index contributed by atoms with van der Waals surface area (Å²) in [6.45, 7) is 2.58. The first kappa shape index (κ1) is 10.5. The zero-order chi connectivity index (χ0) is 11.5. The Hall–Kier alpha value is -2.04. The second-order valence-electron chi connectivity index (χ2n) is 3.64. The second-order valence-corrected chi connectivity index (χ2v) is 3.64. The van der Waals surface area contributed by atoms with Gasteiger partial charge in [0.2, 0.25) is 5.95 Å². The van der Waals surface area contributed by atoms with Crippen LogP contribution >= 0.6 is 0 Å². The van der Waals surface area contributed by atoms with Gasteiger partial charge in [-0.25, -0.2) is 4.98 Å². The first-order valence-corrected chi connectivity index (χ1v) is 5.00. The number of hydrogen-bond donors (Lipinski definition) is 1. The van der Waals surface area contributed by atoms with E-state index >= 15 is 0 Å². The van der Waals surface area contributed by atoms with Crippen LogP contribution in [0.1, 0.15) is 11.5 Å². The molecule has 2 rings (SSSR count). The van der Waals surface area contributed by atoms with Crippen LogP contribution in [-0.4, -0.2) is 17.0 Å². The number of hydrogen-bond acceptors (Lipinski definition) is 5. The number of aromatic nitrogens is 2. The smallest absolute Gasteiger partial charge is 0.221 e. The van der Waals surface area contributed by atoms with Crippen LogP contribution in [0.4, 0.5) is 11.8 Å². The molecule has 0 aliphatic heterocycles. The number of nitrogen functional groups attached to an aromatic ring is 1. The van der Waals surface area contributed by atoms with Crippen molar-refractivity contribution in [1.82, 2.24) is 9.97 Å². The van der Waals surface area contributed by atoms with Crippen molar-refractivity contribution < 1.29 is 4.42 Å². The predicted molar refractivity (Wildman–Crippen MR) is 62.0 cm³/mol. The topological polar surface area (TPSA) is 68.2 Å². The second kappa shape index (κ2) is 4.22. The third-order valence-electron chi connectivity index (χ3n) is 2.24. The fourth-order valence-electron chi connectivity index (χ4n) is 1.46. The SMILES string of the molecule is Cc1ccc(CN(C)c2ccnc(N)n2)o1. The maximum absolute atomic E-state index is 5.52. The Balaban J connectivity index is 2.11. The summed E-state index contributed by atoms with van der Waals surface area (Å²) in [5.74, 6) is 2.87. The van der Waals surface area contributed by atoms with E-state index in [1.165, 1.54) is 0 Å². The first-order chi connectivity index (χ1) is 7.65. The standard InChI is InChI=1S/C11H14N4O/c1-8-3-4-9(16-8)7-15(2)10-5-6-13-11(12)14-10/h3-6H,7H2,1-2H3,(H2,12,13,14). The Morgan fingerprint density at radius 2 is 2.19 bits per heavy atom. The van der Waals surface area contributed by atoms with Crippen LogP contribution in [-0.2, 0) is 6.54 Å². The fourth-order valence-corrected chi connectivity index (χ4v) is 1.46. The molecule has 16 heavy (non-hydrogen) atoms. The summed E-state index contributed by atoms with van der Waals surface area (Å²) in [7, 11) is 1.93. The third-order valence-corrected chi connectivity index (χ3v) is 2.24. The summed E-state index contributed by atoms with van der Waals surface area (Å²) in [5.41, 5.74) is 5.52. The lowest BCUT2D eigenvalue weighted by Gasteiger charge is -2.16. The van der Waals surface area contributed by atoms with Crippen LogP contribution < -0.4 is 10.6 Å². The van der Waals surface area contributed by atoms with Gasteiger partial charge >= 0.3 is 0 Å². The van der Waals surface area contributed by atoms with E-state index in [1.54, 1.807) is 6.20 Å². The number of rotatable bonds is 3. The lowest BCUT2D eigenvalue weighted by atomic mass is 10.4. The summed E-state index contributed by atoms with van der Waals surface area (Å²) in [6.07, 6.45) is 1.64. The Bertz CT molecular complexity index is 480. The Kier molecular flexibility index (Phi) is 2.76. The highest BCUT2D eigenvalue weighted by atomic mass is 16.3. The van der Waals surface area contributed by atoms with Gasteiger partial charge in [-0.3, -0.25) is 0 Å². The Morgan fingerprint density at radius 1 is 1.38 bits per heavy atom. The molecule has 2 aromatic rings. The van der Waals surface area contributed by atoms with Crippen molar-refractivity contribution in [3.05, 3.63) is 35.9 Å². The molecule has 0 amide bonds. The number of furan rings is 1. The molecule has 0 radical (unpaired) electrons. The van der Waals surface area contributed by atoms with Gasteiger partial charge in [0, 0.05) is 13.2 Å². The molecule has 0 bridgehead atoms. The van der Waals surface area contributed by atoms with Crippen LogP contribution in [0, 0.1) is 6.92 Å². The molecule has 0 aromatic carbocycles. The molecular formula is C11H14N4O. The molecule has 0 atom stereocenters. The first-order valence-electron chi connectivity index (χ1n) is 5.00.